The molecule has 0 aromatic carbocycles. The number of halogens is 1. The maximum Gasteiger partial charge on any atom is 0.274 e. The van der Waals surface area contributed by atoms with Crippen molar-refractivity contribution < 1.29 is 14.0 Å². The summed E-state index contributed by atoms with van der Waals surface area (Å²) < 4.78 is 14.1. The first kappa shape index (κ1) is 21.0. The normalized spacial score (nSPS) is 17.0. The highest BCUT2D eigenvalue weighted by atomic mass is 32.1. The number of hydrogen-bond donors (Lipinski definition) is 2. The highest BCUT2D eigenvalue weighted by molar-refractivity contribution is 7.18. The van der Waals surface area contributed by atoms with Gasteiger partial charge in [-0.05, 0) is 31.9 Å². The lowest BCUT2D eigenvalue weighted by Gasteiger charge is -2.18. The Kier molecular flexibility index (Phi) is 5.77. The van der Waals surface area contributed by atoms with Gasteiger partial charge in [0, 0.05) is 32.3 Å². The molecule has 1 aliphatic heterocycles. The molecule has 162 valence electrons. The molecule has 0 spiro atoms. The minimum atomic E-state index is -0.434. The van der Waals surface area contributed by atoms with Crippen molar-refractivity contribution in [2.75, 3.05) is 18.4 Å². The van der Waals surface area contributed by atoms with E-state index in [-0.39, 0.29) is 35.5 Å². The molecule has 0 radical (unpaired) electrons. The molecule has 1 fully saturated rings. The van der Waals surface area contributed by atoms with E-state index in [2.05, 4.69) is 30.6 Å². The zero-order chi connectivity index (χ0) is 22.1. The molecule has 1 saturated heterocycles. The number of hydrogen-bond acceptors (Lipinski definition) is 8. The number of thiazole rings is 1. The van der Waals surface area contributed by atoms with E-state index in [0.29, 0.717) is 35.4 Å². The van der Waals surface area contributed by atoms with Crippen LogP contribution in [0.25, 0.3) is 10.3 Å². The molecule has 4 heterocycles. The summed E-state index contributed by atoms with van der Waals surface area (Å²) >= 11 is 1.36. The van der Waals surface area contributed by atoms with Gasteiger partial charge in [-0.15, -0.1) is 11.3 Å². The van der Waals surface area contributed by atoms with Gasteiger partial charge in [-0.3, -0.25) is 14.6 Å². The summed E-state index contributed by atoms with van der Waals surface area (Å²) in [6.45, 7) is 6.09. The summed E-state index contributed by atoms with van der Waals surface area (Å²) in [6, 6.07) is 0.980. The van der Waals surface area contributed by atoms with E-state index in [0.717, 1.165) is 11.2 Å². The first-order valence-electron chi connectivity index (χ1n) is 9.88. The van der Waals surface area contributed by atoms with Crippen molar-refractivity contribution >= 4 is 39.4 Å². The number of carbonyl (C=O) groups is 2. The van der Waals surface area contributed by atoms with Gasteiger partial charge >= 0.3 is 0 Å². The number of fused-ring (bicyclic) bond motifs is 1. The van der Waals surface area contributed by atoms with Crippen LogP contribution in [-0.4, -0.2) is 55.8 Å². The largest absolute Gasteiger partial charge is 0.352 e. The van der Waals surface area contributed by atoms with E-state index < -0.39 is 5.82 Å². The van der Waals surface area contributed by atoms with Crippen molar-refractivity contribution in [3.05, 3.63) is 40.5 Å². The number of likely N-dealkylation sites (tertiary alicyclic amines) is 1. The fraction of sp³-hybridized carbons (Fsp3) is 0.400. The molecule has 1 aliphatic rings. The quantitative estimate of drug-likeness (QED) is 0.623. The monoisotopic (exact) mass is 443 g/mol. The Bertz CT molecular complexity index is 1150. The molecule has 0 bridgehead atoms. The van der Waals surface area contributed by atoms with Gasteiger partial charge in [0.05, 0.1) is 17.2 Å². The van der Waals surface area contributed by atoms with Gasteiger partial charge in [0.2, 0.25) is 11.9 Å². The van der Waals surface area contributed by atoms with Crippen LogP contribution in [0.5, 0.6) is 0 Å². The summed E-state index contributed by atoms with van der Waals surface area (Å²) in [5.74, 6) is -0.548. The highest BCUT2D eigenvalue weighted by Gasteiger charge is 2.30. The first-order valence-corrected chi connectivity index (χ1v) is 10.7. The third-order valence-electron chi connectivity index (χ3n) is 5.02. The predicted molar refractivity (Wildman–Crippen MR) is 114 cm³/mol. The number of amides is 2. The number of aromatic nitrogens is 4. The molecule has 0 saturated carbocycles. The van der Waals surface area contributed by atoms with Crippen LogP contribution in [0.15, 0.2) is 18.5 Å². The third kappa shape index (κ3) is 4.61. The Hall–Kier alpha value is -3.21. The Labute approximate surface area is 182 Å². The van der Waals surface area contributed by atoms with Crippen molar-refractivity contribution in [2.24, 2.45) is 0 Å². The predicted octanol–water partition coefficient (Wildman–Crippen LogP) is 2.45. The maximum absolute atomic E-state index is 13.5. The topological polar surface area (TPSA) is 113 Å². The van der Waals surface area contributed by atoms with E-state index in [1.165, 1.54) is 24.3 Å². The Balaban J connectivity index is 1.62. The van der Waals surface area contributed by atoms with E-state index in [1.54, 1.807) is 11.1 Å². The van der Waals surface area contributed by atoms with Crippen LogP contribution in [0.4, 0.5) is 10.3 Å². The molecule has 11 heteroatoms. The number of nitrogens with zero attached hydrogens (tertiary/aromatic N) is 5. The SMILES string of the molecule is CC(=O)N[C@H]1CCN(C(=O)c2nc(NC(C)c3cncc(F)c3)nc3nc(C)sc23)C1. The van der Waals surface area contributed by atoms with E-state index in [9.17, 15) is 14.0 Å². The van der Waals surface area contributed by atoms with Crippen molar-refractivity contribution in [1.29, 1.82) is 0 Å². The summed E-state index contributed by atoms with van der Waals surface area (Å²) in [6.07, 6.45) is 3.39. The second-order valence-corrected chi connectivity index (χ2v) is 8.72. The number of pyridine rings is 1. The van der Waals surface area contributed by atoms with Crippen LogP contribution in [0, 0.1) is 12.7 Å². The fourth-order valence-corrected chi connectivity index (χ4v) is 4.42. The average Bonchev–Trinajstić information content (AvgIpc) is 3.32. The number of anilines is 1. The van der Waals surface area contributed by atoms with Crippen molar-refractivity contribution in [1.82, 2.24) is 30.2 Å². The van der Waals surface area contributed by atoms with Gasteiger partial charge in [-0.1, -0.05) is 0 Å². The van der Waals surface area contributed by atoms with Gasteiger partial charge in [-0.2, -0.15) is 4.98 Å². The Morgan fingerprint density at radius 2 is 2.10 bits per heavy atom. The second-order valence-electron chi connectivity index (χ2n) is 7.52. The molecule has 2 N–H and O–H groups in total. The number of aryl methyl sites for hydroxylation is 1. The number of nitrogens with one attached hydrogen (secondary N) is 2. The van der Waals surface area contributed by atoms with Crippen LogP contribution in [0.1, 0.15) is 47.4 Å². The average molecular weight is 444 g/mol. The Morgan fingerprint density at radius 3 is 2.84 bits per heavy atom. The third-order valence-corrected chi connectivity index (χ3v) is 5.98. The Morgan fingerprint density at radius 1 is 1.29 bits per heavy atom. The molecule has 4 rings (SSSR count). The smallest absolute Gasteiger partial charge is 0.274 e. The molecule has 1 unspecified atom stereocenters. The zero-order valence-corrected chi connectivity index (χ0v) is 18.2. The van der Waals surface area contributed by atoms with E-state index >= 15 is 0 Å². The molecule has 31 heavy (non-hydrogen) atoms. The molecule has 2 atom stereocenters. The number of rotatable bonds is 5. The van der Waals surface area contributed by atoms with Crippen LogP contribution in [-0.2, 0) is 4.79 Å². The van der Waals surface area contributed by atoms with Gasteiger partial charge < -0.3 is 15.5 Å². The maximum atomic E-state index is 13.5. The fourth-order valence-electron chi connectivity index (χ4n) is 3.58. The minimum Gasteiger partial charge on any atom is -0.352 e. The first-order chi connectivity index (χ1) is 14.8. The van der Waals surface area contributed by atoms with E-state index in [1.807, 2.05) is 13.8 Å². The summed E-state index contributed by atoms with van der Waals surface area (Å²) in [4.78, 5) is 43.5. The van der Waals surface area contributed by atoms with Crippen molar-refractivity contribution in [3.63, 3.8) is 0 Å². The molecule has 2 amide bonds. The summed E-state index contributed by atoms with van der Waals surface area (Å²) in [5.41, 5.74) is 1.33. The van der Waals surface area contributed by atoms with Crippen LogP contribution in [0.2, 0.25) is 0 Å². The van der Waals surface area contributed by atoms with E-state index in [4.69, 9.17) is 0 Å². The van der Waals surface area contributed by atoms with Crippen LogP contribution < -0.4 is 10.6 Å². The highest BCUT2D eigenvalue weighted by Crippen LogP contribution is 2.27. The standard InChI is InChI=1S/C20H22FN7O2S/c1-10(13-6-14(21)8-22-7-13)23-20-26-16(17-18(27-20)25-12(3)31-17)19(30)28-5-4-15(9-28)24-11(2)29/h6-8,10,15H,4-5,9H2,1-3H3,(H,24,29)(H,23,26,27)/t10?,15-/m0/s1. The molecule has 0 aliphatic carbocycles. The molecular formula is C20H22FN7O2S. The van der Waals surface area contributed by atoms with Gasteiger partial charge in [0.15, 0.2) is 11.3 Å². The van der Waals surface area contributed by atoms with Crippen molar-refractivity contribution in [2.45, 2.75) is 39.3 Å². The zero-order valence-electron chi connectivity index (χ0n) is 17.3. The lowest BCUT2D eigenvalue weighted by atomic mass is 10.1. The molecule has 3 aromatic rings. The molecule has 3 aromatic heterocycles. The lowest BCUT2D eigenvalue weighted by Crippen LogP contribution is -2.37. The van der Waals surface area contributed by atoms with Crippen LogP contribution in [0.3, 0.4) is 0 Å². The summed E-state index contributed by atoms with van der Waals surface area (Å²) in [5, 5.41) is 6.74. The van der Waals surface area contributed by atoms with Gasteiger partial charge in [-0.25, -0.2) is 14.4 Å². The van der Waals surface area contributed by atoms with Gasteiger partial charge in [0.25, 0.3) is 5.91 Å². The second kappa shape index (κ2) is 8.50. The molecule has 9 nitrogen and oxygen atoms in total. The lowest BCUT2D eigenvalue weighted by molar-refractivity contribution is -0.119. The van der Waals surface area contributed by atoms with Crippen molar-refractivity contribution in [3.8, 4) is 0 Å². The summed E-state index contributed by atoms with van der Waals surface area (Å²) in [7, 11) is 0. The minimum absolute atomic E-state index is 0.0694. The molecular weight excluding hydrogens is 421 g/mol. The number of carbonyl (C=O) groups excluding carboxylic acids is 2. The van der Waals surface area contributed by atoms with Gasteiger partial charge in [0.1, 0.15) is 10.5 Å². The van der Waals surface area contributed by atoms with Crippen LogP contribution >= 0.6 is 11.3 Å².